The molecule has 5 nitrogen and oxygen atoms in total. The Bertz CT molecular complexity index is 675. The highest BCUT2D eigenvalue weighted by Gasteiger charge is 2.24. The summed E-state index contributed by atoms with van der Waals surface area (Å²) < 4.78 is 21.8. The highest BCUT2D eigenvalue weighted by atomic mass is 35.5. The molecule has 0 spiro atoms. The fraction of sp³-hybridized carbons (Fsp3) is 0.316. The lowest BCUT2D eigenvalue weighted by molar-refractivity contribution is -0.149. The first-order valence-corrected chi connectivity index (χ1v) is 8.35. The summed E-state index contributed by atoms with van der Waals surface area (Å²) in [6.07, 6.45) is -0.923. The molecule has 0 saturated carbocycles. The summed E-state index contributed by atoms with van der Waals surface area (Å²) in [7, 11) is 1.32. The standard InChI is InChI=1S/C19H21ClO5/c1-4-23-15-10-16(24-5-2)12-17(11-15)25-18(19(21)22-3)13-6-8-14(20)9-7-13/h6-12,18H,4-5H2,1-3H3. The van der Waals surface area contributed by atoms with Crippen LogP contribution in [-0.4, -0.2) is 26.3 Å². The van der Waals surface area contributed by atoms with Crippen LogP contribution in [0.2, 0.25) is 5.02 Å². The lowest BCUT2D eigenvalue weighted by Crippen LogP contribution is -2.20. The van der Waals surface area contributed by atoms with Gasteiger partial charge in [0.2, 0.25) is 6.10 Å². The average Bonchev–Trinajstić information content (AvgIpc) is 2.60. The van der Waals surface area contributed by atoms with Crippen LogP contribution in [0, 0.1) is 0 Å². The van der Waals surface area contributed by atoms with Gasteiger partial charge in [0, 0.05) is 28.8 Å². The molecule has 1 atom stereocenters. The number of benzene rings is 2. The van der Waals surface area contributed by atoms with Gasteiger partial charge in [-0.05, 0) is 26.0 Å². The van der Waals surface area contributed by atoms with E-state index in [9.17, 15) is 4.79 Å². The molecular formula is C19H21ClO5. The van der Waals surface area contributed by atoms with E-state index in [2.05, 4.69) is 0 Å². The molecule has 1 unspecified atom stereocenters. The maximum Gasteiger partial charge on any atom is 0.351 e. The van der Waals surface area contributed by atoms with E-state index in [1.165, 1.54) is 7.11 Å². The van der Waals surface area contributed by atoms with Gasteiger partial charge in [-0.25, -0.2) is 4.79 Å². The third-order valence-electron chi connectivity index (χ3n) is 3.32. The van der Waals surface area contributed by atoms with E-state index in [4.69, 9.17) is 30.5 Å². The second-order valence-electron chi connectivity index (χ2n) is 5.08. The van der Waals surface area contributed by atoms with E-state index in [1.807, 2.05) is 13.8 Å². The zero-order valence-corrected chi connectivity index (χ0v) is 15.2. The zero-order valence-electron chi connectivity index (χ0n) is 14.5. The van der Waals surface area contributed by atoms with Crippen LogP contribution < -0.4 is 14.2 Å². The number of carbonyl (C=O) groups excluding carboxylic acids is 1. The first-order valence-electron chi connectivity index (χ1n) is 7.98. The van der Waals surface area contributed by atoms with Gasteiger partial charge in [0.15, 0.2) is 0 Å². The molecule has 25 heavy (non-hydrogen) atoms. The second kappa shape index (κ2) is 9.18. The van der Waals surface area contributed by atoms with Crippen LogP contribution >= 0.6 is 11.6 Å². The van der Waals surface area contributed by atoms with Gasteiger partial charge >= 0.3 is 5.97 Å². The van der Waals surface area contributed by atoms with Gasteiger partial charge < -0.3 is 18.9 Å². The summed E-state index contributed by atoms with van der Waals surface area (Å²) in [6, 6.07) is 12.0. The maximum absolute atomic E-state index is 12.2. The van der Waals surface area contributed by atoms with E-state index in [1.54, 1.807) is 42.5 Å². The summed E-state index contributed by atoms with van der Waals surface area (Å²) in [5, 5.41) is 0.573. The molecule has 0 fully saturated rings. The van der Waals surface area contributed by atoms with Crippen molar-refractivity contribution in [1.82, 2.24) is 0 Å². The molecule has 134 valence electrons. The molecule has 0 bridgehead atoms. The summed E-state index contributed by atoms with van der Waals surface area (Å²) in [4.78, 5) is 12.2. The Balaban J connectivity index is 2.33. The number of hydrogen-bond acceptors (Lipinski definition) is 5. The predicted molar refractivity (Wildman–Crippen MR) is 95.6 cm³/mol. The van der Waals surface area contributed by atoms with Crippen LogP contribution in [-0.2, 0) is 9.53 Å². The van der Waals surface area contributed by atoms with Crippen LogP contribution in [0.4, 0.5) is 0 Å². The molecular weight excluding hydrogens is 344 g/mol. The number of esters is 1. The van der Waals surface area contributed by atoms with Gasteiger partial charge in [0.05, 0.1) is 20.3 Å². The van der Waals surface area contributed by atoms with Crippen molar-refractivity contribution >= 4 is 17.6 Å². The molecule has 0 heterocycles. The fourth-order valence-electron chi connectivity index (χ4n) is 2.25. The number of methoxy groups -OCH3 is 1. The molecule has 0 aliphatic carbocycles. The SMILES string of the molecule is CCOc1cc(OCC)cc(OC(C(=O)OC)c2ccc(Cl)cc2)c1. The van der Waals surface area contributed by atoms with Crippen molar-refractivity contribution in [2.45, 2.75) is 20.0 Å². The molecule has 0 radical (unpaired) electrons. The third kappa shape index (κ3) is 5.29. The number of ether oxygens (including phenoxy) is 4. The molecule has 0 N–H and O–H groups in total. The van der Waals surface area contributed by atoms with E-state index >= 15 is 0 Å². The predicted octanol–water partition coefficient (Wildman–Crippen LogP) is 4.43. The Morgan fingerprint density at radius 3 is 1.96 bits per heavy atom. The first-order chi connectivity index (χ1) is 12.1. The van der Waals surface area contributed by atoms with Crippen LogP contribution in [0.3, 0.4) is 0 Å². The van der Waals surface area contributed by atoms with Crippen molar-refractivity contribution in [1.29, 1.82) is 0 Å². The summed E-state index contributed by atoms with van der Waals surface area (Å²) in [5.41, 5.74) is 0.635. The monoisotopic (exact) mass is 364 g/mol. The summed E-state index contributed by atoms with van der Waals surface area (Å²) >= 11 is 5.91. The molecule has 2 aromatic carbocycles. The molecule has 0 saturated heterocycles. The Morgan fingerprint density at radius 2 is 1.48 bits per heavy atom. The number of halogens is 1. The first kappa shape index (κ1) is 18.9. The smallest absolute Gasteiger partial charge is 0.351 e. The van der Waals surface area contributed by atoms with Crippen LogP contribution in [0.5, 0.6) is 17.2 Å². The molecule has 0 amide bonds. The van der Waals surface area contributed by atoms with Crippen molar-refractivity contribution < 1.29 is 23.7 Å². The van der Waals surface area contributed by atoms with Gasteiger partial charge in [-0.15, -0.1) is 0 Å². The van der Waals surface area contributed by atoms with Gasteiger partial charge in [0.25, 0.3) is 0 Å². The minimum absolute atomic E-state index is 0.444. The zero-order chi connectivity index (χ0) is 18.2. The Morgan fingerprint density at radius 1 is 0.960 bits per heavy atom. The third-order valence-corrected chi connectivity index (χ3v) is 3.57. The van der Waals surface area contributed by atoms with Crippen LogP contribution in [0.25, 0.3) is 0 Å². The largest absolute Gasteiger partial charge is 0.494 e. The van der Waals surface area contributed by atoms with Crippen molar-refractivity contribution in [3.05, 3.63) is 53.1 Å². The number of carbonyl (C=O) groups is 1. The van der Waals surface area contributed by atoms with E-state index < -0.39 is 12.1 Å². The Kier molecular flexibility index (Phi) is 6.95. The van der Waals surface area contributed by atoms with Crippen LogP contribution in [0.1, 0.15) is 25.5 Å². The topological polar surface area (TPSA) is 54.0 Å². The molecule has 6 heteroatoms. The van der Waals surface area contributed by atoms with Crippen molar-refractivity contribution in [3.8, 4) is 17.2 Å². The quantitative estimate of drug-likeness (QED) is 0.648. The highest BCUT2D eigenvalue weighted by molar-refractivity contribution is 6.30. The molecule has 0 aromatic heterocycles. The molecule has 2 rings (SSSR count). The lowest BCUT2D eigenvalue weighted by atomic mass is 10.1. The second-order valence-corrected chi connectivity index (χ2v) is 5.52. The highest BCUT2D eigenvalue weighted by Crippen LogP contribution is 2.32. The average molecular weight is 365 g/mol. The summed E-state index contributed by atoms with van der Waals surface area (Å²) in [5.74, 6) is 1.13. The Hall–Kier alpha value is -2.40. The Labute approximate surface area is 152 Å². The van der Waals surface area contributed by atoms with E-state index in [0.717, 1.165) is 0 Å². The van der Waals surface area contributed by atoms with E-state index in [0.29, 0.717) is 41.0 Å². The van der Waals surface area contributed by atoms with E-state index in [-0.39, 0.29) is 0 Å². The van der Waals surface area contributed by atoms with Crippen molar-refractivity contribution in [2.75, 3.05) is 20.3 Å². The minimum atomic E-state index is -0.923. The lowest BCUT2D eigenvalue weighted by Gasteiger charge is -2.19. The molecule has 2 aromatic rings. The maximum atomic E-state index is 12.2. The van der Waals surface area contributed by atoms with Gasteiger partial charge in [-0.1, -0.05) is 23.7 Å². The molecule has 0 aliphatic heterocycles. The minimum Gasteiger partial charge on any atom is -0.494 e. The molecule has 0 aliphatic rings. The van der Waals surface area contributed by atoms with Crippen molar-refractivity contribution in [2.24, 2.45) is 0 Å². The number of hydrogen-bond donors (Lipinski definition) is 0. The number of rotatable bonds is 8. The van der Waals surface area contributed by atoms with Gasteiger partial charge in [0.1, 0.15) is 17.2 Å². The van der Waals surface area contributed by atoms with Gasteiger partial charge in [-0.3, -0.25) is 0 Å². The van der Waals surface area contributed by atoms with Gasteiger partial charge in [-0.2, -0.15) is 0 Å². The fourth-order valence-corrected chi connectivity index (χ4v) is 2.37. The normalized spacial score (nSPS) is 11.5. The van der Waals surface area contributed by atoms with Crippen molar-refractivity contribution in [3.63, 3.8) is 0 Å². The summed E-state index contributed by atoms with van der Waals surface area (Å²) in [6.45, 7) is 4.79. The van der Waals surface area contributed by atoms with Crippen LogP contribution in [0.15, 0.2) is 42.5 Å².